The molecule has 3 aromatic rings. The minimum absolute atomic E-state index is 0.712. The number of nitrogens with one attached hydrogen (secondary N) is 1. The summed E-state index contributed by atoms with van der Waals surface area (Å²) in [6, 6.07) is 10.3. The van der Waals surface area contributed by atoms with E-state index in [-0.39, 0.29) is 0 Å². The van der Waals surface area contributed by atoms with Crippen LogP contribution >= 0.6 is 0 Å². The van der Waals surface area contributed by atoms with Crippen LogP contribution in [-0.2, 0) is 19.6 Å². The number of aromatic nitrogens is 4. The fourth-order valence-corrected chi connectivity index (χ4v) is 2.44. The highest BCUT2D eigenvalue weighted by Gasteiger charge is 2.05. The fourth-order valence-electron chi connectivity index (χ4n) is 2.44. The molecule has 0 saturated heterocycles. The van der Waals surface area contributed by atoms with Crippen LogP contribution in [0.5, 0.6) is 0 Å². The van der Waals surface area contributed by atoms with Gasteiger partial charge in [0.25, 0.3) is 0 Å². The molecule has 21 heavy (non-hydrogen) atoms. The number of nitrogens with zero attached hydrogens (tertiary/aromatic N) is 4. The third-order valence-corrected chi connectivity index (χ3v) is 3.45. The van der Waals surface area contributed by atoms with Crippen molar-refractivity contribution >= 4 is 10.9 Å². The van der Waals surface area contributed by atoms with E-state index in [1.54, 1.807) is 6.33 Å². The van der Waals surface area contributed by atoms with Crippen molar-refractivity contribution in [2.24, 2.45) is 0 Å². The molecular weight excluding hydrogens is 262 g/mol. The molecule has 0 aliphatic carbocycles. The standard InChI is InChI=1S/C16H19N5/c1-2-9-21-15(19-12-20-21)11-17-10-14-6-3-5-13-7-4-8-18-16(13)14/h3-8,12,17H,2,9-11H2,1H3. The van der Waals surface area contributed by atoms with E-state index in [0.29, 0.717) is 6.54 Å². The van der Waals surface area contributed by atoms with Gasteiger partial charge in [-0.15, -0.1) is 0 Å². The first kappa shape index (κ1) is 13.7. The van der Waals surface area contributed by atoms with Crippen LogP contribution < -0.4 is 5.32 Å². The van der Waals surface area contributed by atoms with Gasteiger partial charge in [-0.05, 0) is 18.1 Å². The van der Waals surface area contributed by atoms with Gasteiger partial charge in [0.15, 0.2) is 0 Å². The summed E-state index contributed by atoms with van der Waals surface area (Å²) in [5.74, 6) is 0.977. The van der Waals surface area contributed by atoms with E-state index in [2.05, 4.69) is 51.6 Å². The third-order valence-electron chi connectivity index (χ3n) is 3.45. The lowest BCUT2D eigenvalue weighted by molar-refractivity contribution is 0.542. The predicted molar refractivity (Wildman–Crippen MR) is 82.6 cm³/mol. The average molecular weight is 281 g/mol. The van der Waals surface area contributed by atoms with Gasteiger partial charge in [0.05, 0.1) is 12.1 Å². The van der Waals surface area contributed by atoms with E-state index >= 15 is 0 Å². The third kappa shape index (κ3) is 3.08. The number of hydrogen-bond acceptors (Lipinski definition) is 4. The Morgan fingerprint density at radius 2 is 2.00 bits per heavy atom. The first-order chi connectivity index (χ1) is 10.4. The van der Waals surface area contributed by atoms with Crippen molar-refractivity contribution in [2.75, 3.05) is 0 Å². The van der Waals surface area contributed by atoms with E-state index < -0.39 is 0 Å². The number of benzene rings is 1. The van der Waals surface area contributed by atoms with E-state index in [0.717, 1.165) is 30.9 Å². The molecule has 0 atom stereocenters. The van der Waals surface area contributed by atoms with Crippen LogP contribution in [0.15, 0.2) is 42.9 Å². The van der Waals surface area contributed by atoms with Gasteiger partial charge in [0, 0.05) is 24.7 Å². The maximum atomic E-state index is 4.47. The zero-order chi connectivity index (χ0) is 14.5. The zero-order valence-corrected chi connectivity index (χ0v) is 12.2. The van der Waals surface area contributed by atoms with Crippen LogP contribution in [0.25, 0.3) is 10.9 Å². The molecule has 5 heteroatoms. The number of aryl methyl sites for hydroxylation is 1. The van der Waals surface area contributed by atoms with Crippen LogP contribution in [0.1, 0.15) is 24.7 Å². The minimum atomic E-state index is 0.712. The number of para-hydroxylation sites is 1. The molecule has 2 heterocycles. The molecule has 5 nitrogen and oxygen atoms in total. The Bertz CT molecular complexity index is 714. The first-order valence-electron chi connectivity index (χ1n) is 7.28. The van der Waals surface area contributed by atoms with Crippen molar-refractivity contribution in [1.82, 2.24) is 25.1 Å². The van der Waals surface area contributed by atoms with E-state index in [4.69, 9.17) is 0 Å². The molecule has 2 aromatic heterocycles. The summed E-state index contributed by atoms with van der Waals surface area (Å²) in [5.41, 5.74) is 2.26. The molecule has 3 rings (SSSR count). The Labute approximate surface area is 124 Å². The van der Waals surface area contributed by atoms with Gasteiger partial charge in [-0.3, -0.25) is 4.98 Å². The largest absolute Gasteiger partial charge is 0.306 e. The van der Waals surface area contributed by atoms with Crippen LogP contribution in [0, 0.1) is 0 Å². The second-order valence-electron chi connectivity index (χ2n) is 5.00. The maximum absolute atomic E-state index is 4.47. The lowest BCUT2D eigenvalue weighted by atomic mass is 10.1. The summed E-state index contributed by atoms with van der Waals surface area (Å²) in [4.78, 5) is 8.77. The second-order valence-corrected chi connectivity index (χ2v) is 5.00. The number of rotatable bonds is 6. The normalized spacial score (nSPS) is 11.1. The Hall–Kier alpha value is -2.27. The van der Waals surface area contributed by atoms with Gasteiger partial charge in [-0.25, -0.2) is 9.67 Å². The topological polar surface area (TPSA) is 55.6 Å². The Kier molecular flexibility index (Phi) is 4.21. The summed E-state index contributed by atoms with van der Waals surface area (Å²) in [6.07, 6.45) is 4.51. The van der Waals surface area contributed by atoms with Gasteiger partial charge in [-0.1, -0.05) is 31.2 Å². The molecule has 108 valence electrons. The summed E-state index contributed by atoms with van der Waals surface area (Å²) in [7, 11) is 0. The Morgan fingerprint density at radius 1 is 1.10 bits per heavy atom. The zero-order valence-electron chi connectivity index (χ0n) is 12.2. The minimum Gasteiger partial charge on any atom is -0.306 e. The summed E-state index contributed by atoms with van der Waals surface area (Å²) in [5, 5.41) is 8.84. The summed E-state index contributed by atoms with van der Waals surface area (Å²) < 4.78 is 1.95. The lowest BCUT2D eigenvalue weighted by Gasteiger charge is -2.08. The van der Waals surface area contributed by atoms with Crippen LogP contribution in [0.3, 0.4) is 0 Å². The van der Waals surface area contributed by atoms with Crippen LogP contribution in [-0.4, -0.2) is 19.7 Å². The van der Waals surface area contributed by atoms with E-state index in [1.807, 2.05) is 16.9 Å². The fraction of sp³-hybridized carbons (Fsp3) is 0.312. The first-order valence-corrected chi connectivity index (χ1v) is 7.28. The molecule has 1 aromatic carbocycles. The molecule has 0 bridgehead atoms. The molecule has 0 radical (unpaired) electrons. The van der Waals surface area contributed by atoms with Crippen molar-refractivity contribution in [3.63, 3.8) is 0 Å². The van der Waals surface area contributed by atoms with Crippen LogP contribution in [0.4, 0.5) is 0 Å². The van der Waals surface area contributed by atoms with Crippen molar-refractivity contribution < 1.29 is 0 Å². The van der Waals surface area contributed by atoms with E-state index in [9.17, 15) is 0 Å². The SMILES string of the molecule is CCCn1ncnc1CNCc1cccc2cccnc12. The average Bonchev–Trinajstić information content (AvgIpc) is 2.95. The molecule has 1 N–H and O–H groups in total. The molecule has 0 saturated carbocycles. The molecule has 0 fully saturated rings. The smallest absolute Gasteiger partial charge is 0.140 e. The molecule has 0 unspecified atom stereocenters. The van der Waals surface area contributed by atoms with Crippen molar-refractivity contribution in [3.05, 3.63) is 54.2 Å². The highest BCUT2D eigenvalue weighted by atomic mass is 15.3. The monoisotopic (exact) mass is 281 g/mol. The molecule has 0 spiro atoms. The number of pyridine rings is 1. The highest BCUT2D eigenvalue weighted by Crippen LogP contribution is 2.15. The van der Waals surface area contributed by atoms with Crippen LogP contribution in [0.2, 0.25) is 0 Å². The molecule has 0 amide bonds. The van der Waals surface area contributed by atoms with Gasteiger partial charge in [-0.2, -0.15) is 5.10 Å². The Morgan fingerprint density at radius 3 is 2.90 bits per heavy atom. The maximum Gasteiger partial charge on any atom is 0.140 e. The lowest BCUT2D eigenvalue weighted by Crippen LogP contribution is -2.17. The Balaban J connectivity index is 1.68. The summed E-state index contributed by atoms with van der Waals surface area (Å²) >= 11 is 0. The quantitative estimate of drug-likeness (QED) is 0.754. The van der Waals surface area contributed by atoms with Gasteiger partial charge in [0.1, 0.15) is 12.2 Å². The van der Waals surface area contributed by atoms with E-state index in [1.165, 1.54) is 10.9 Å². The second kappa shape index (κ2) is 6.45. The predicted octanol–water partition coefficient (Wildman–Crippen LogP) is 2.53. The van der Waals surface area contributed by atoms with Crippen molar-refractivity contribution in [1.29, 1.82) is 0 Å². The molecule has 0 aliphatic heterocycles. The van der Waals surface area contributed by atoms with Gasteiger partial charge >= 0.3 is 0 Å². The number of fused-ring (bicyclic) bond motifs is 1. The molecule has 0 aliphatic rings. The van der Waals surface area contributed by atoms with Gasteiger partial charge < -0.3 is 5.32 Å². The van der Waals surface area contributed by atoms with Crippen molar-refractivity contribution in [3.8, 4) is 0 Å². The highest BCUT2D eigenvalue weighted by molar-refractivity contribution is 5.81. The summed E-state index contributed by atoms with van der Waals surface area (Å²) in [6.45, 7) is 4.53. The molecular formula is C16H19N5. The van der Waals surface area contributed by atoms with Crippen molar-refractivity contribution in [2.45, 2.75) is 33.0 Å². The number of hydrogen-bond donors (Lipinski definition) is 1. The van der Waals surface area contributed by atoms with Gasteiger partial charge in [0.2, 0.25) is 0 Å².